The minimum absolute atomic E-state index is 0.0578. The summed E-state index contributed by atoms with van der Waals surface area (Å²) in [5, 5.41) is 12.3. The zero-order valence-electron chi connectivity index (χ0n) is 17.8. The van der Waals surface area contributed by atoms with Crippen molar-refractivity contribution < 1.29 is 9.21 Å². The van der Waals surface area contributed by atoms with E-state index >= 15 is 0 Å². The molecular weight excluding hydrogens is 436 g/mol. The molecule has 9 heteroatoms. The fraction of sp³-hybridized carbons (Fsp3) is 0.167. The van der Waals surface area contributed by atoms with E-state index in [0.29, 0.717) is 36.3 Å². The van der Waals surface area contributed by atoms with E-state index in [0.717, 1.165) is 16.9 Å². The van der Waals surface area contributed by atoms with Crippen LogP contribution in [0.25, 0.3) is 17.2 Å². The van der Waals surface area contributed by atoms with Gasteiger partial charge in [0.15, 0.2) is 10.9 Å². The predicted molar refractivity (Wildman–Crippen MR) is 126 cm³/mol. The van der Waals surface area contributed by atoms with E-state index in [1.165, 1.54) is 11.8 Å². The topological polar surface area (TPSA) is 90.2 Å². The maximum absolute atomic E-state index is 12.5. The molecule has 0 aliphatic heterocycles. The molecule has 0 atom stereocenters. The van der Waals surface area contributed by atoms with Crippen LogP contribution in [0.2, 0.25) is 0 Å². The number of fused-ring (bicyclic) bond motifs is 1. The highest BCUT2D eigenvalue weighted by Crippen LogP contribution is 2.25. The maximum Gasteiger partial charge on any atom is 0.230 e. The average molecular weight is 459 g/mol. The van der Waals surface area contributed by atoms with Gasteiger partial charge in [-0.1, -0.05) is 48.2 Å². The molecule has 5 rings (SSSR count). The summed E-state index contributed by atoms with van der Waals surface area (Å²) in [6.07, 6.45) is 6.23. The second kappa shape index (κ2) is 9.74. The van der Waals surface area contributed by atoms with E-state index in [9.17, 15) is 4.79 Å². The summed E-state index contributed by atoms with van der Waals surface area (Å²) in [7, 11) is 0. The van der Waals surface area contributed by atoms with Crippen LogP contribution in [-0.2, 0) is 17.8 Å². The van der Waals surface area contributed by atoms with Crippen LogP contribution < -0.4 is 5.32 Å². The highest BCUT2D eigenvalue weighted by Gasteiger charge is 2.17. The fourth-order valence-electron chi connectivity index (χ4n) is 3.51. The molecule has 166 valence electrons. The normalized spacial score (nSPS) is 11.2. The van der Waals surface area contributed by atoms with Gasteiger partial charge in [-0.3, -0.25) is 9.36 Å². The highest BCUT2D eigenvalue weighted by atomic mass is 32.2. The van der Waals surface area contributed by atoms with Crippen molar-refractivity contribution >= 4 is 23.3 Å². The lowest BCUT2D eigenvalue weighted by Gasteiger charge is -2.09. The SMILES string of the molecule is O=C(CSc1nnc(-c2ccco2)n1Cc1ccccc1)NCCc1cn2ccccc2n1. The number of pyridine rings is 1. The number of benzene rings is 1. The van der Waals surface area contributed by atoms with E-state index in [-0.39, 0.29) is 11.7 Å². The summed E-state index contributed by atoms with van der Waals surface area (Å²) in [5.74, 6) is 1.47. The molecule has 0 radical (unpaired) electrons. The average Bonchev–Trinajstić information content (AvgIpc) is 3.58. The molecule has 1 aromatic carbocycles. The maximum atomic E-state index is 12.5. The van der Waals surface area contributed by atoms with Crippen molar-refractivity contribution in [3.8, 4) is 11.6 Å². The Morgan fingerprint density at radius 2 is 1.91 bits per heavy atom. The zero-order chi connectivity index (χ0) is 22.5. The molecule has 1 amide bonds. The van der Waals surface area contributed by atoms with Crippen molar-refractivity contribution in [2.45, 2.75) is 18.1 Å². The smallest absolute Gasteiger partial charge is 0.230 e. The number of furan rings is 1. The second-order valence-electron chi connectivity index (χ2n) is 7.44. The van der Waals surface area contributed by atoms with Crippen molar-refractivity contribution in [3.63, 3.8) is 0 Å². The number of aromatic nitrogens is 5. The summed E-state index contributed by atoms with van der Waals surface area (Å²) < 4.78 is 9.48. The van der Waals surface area contributed by atoms with Crippen molar-refractivity contribution in [1.82, 2.24) is 29.5 Å². The molecule has 0 saturated heterocycles. The molecule has 0 spiro atoms. The number of carbonyl (C=O) groups is 1. The Kier molecular flexibility index (Phi) is 6.21. The van der Waals surface area contributed by atoms with Gasteiger partial charge in [0, 0.05) is 25.4 Å². The van der Waals surface area contributed by atoms with Gasteiger partial charge >= 0.3 is 0 Å². The van der Waals surface area contributed by atoms with Crippen molar-refractivity contribution in [2.24, 2.45) is 0 Å². The largest absolute Gasteiger partial charge is 0.461 e. The number of thioether (sulfide) groups is 1. The molecule has 0 saturated carbocycles. The first-order valence-electron chi connectivity index (χ1n) is 10.6. The van der Waals surface area contributed by atoms with Gasteiger partial charge in [0.2, 0.25) is 11.7 Å². The predicted octanol–water partition coefficient (Wildman–Crippen LogP) is 3.69. The van der Waals surface area contributed by atoms with Gasteiger partial charge in [0.05, 0.1) is 24.3 Å². The molecule has 4 heterocycles. The summed E-state index contributed by atoms with van der Waals surface area (Å²) in [4.78, 5) is 17.0. The van der Waals surface area contributed by atoms with Gasteiger partial charge < -0.3 is 14.1 Å². The van der Waals surface area contributed by atoms with Crippen molar-refractivity contribution in [2.75, 3.05) is 12.3 Å². The summed E-state index contributed by atoms with van der Waals surface area (Å²) >= 11 is 1.36. The van der Waals surface area contributed by atoms with Crippen molar-refractivity contribution in [1.29, 1.82) is 0 Å². The van der Waals surface area contributed by atoms with Crippen LogP contribution in [0.5, 0.6) is 0 Å². The number of hydrogen-bond acceptors (Lipinski definition) is 6. The first kappa shape index (κ1) is 21.0. The summed E-state index contributed by atoms with van der Waals surface area (Å²) in [5.41, 5.74) is 2.96. The molecule has 0 aliphatic carbocycles. The Morgan fingerprint density at radius 3 is 2.73 bits per heavy atom. The van der Waals surface area contributed by atoms with Gasteiger partial charge in [0.1, 0.15) is 5.65 Å². The third-order valence-corrected chi connectivity index (χ3v) is 6.06. The first-order chi connectivity index (χ1) is 16.3. The number of nitrogens with zero attached hydrogens (tertiary/aromatic N) is 5. The number of carbonyl (C=O) groups excluding carboxylic acids is 1. The Bertz CT molecular complexity index is 1310. The minimum atomic E-state index is -0.0578. The van der Waals surface area contributed by atoms with Gasteiger partial charge in [-0.15, -0.1) is 10.2 Å². The van der Waals surface area contributed by atoms with Gasteiger partial charge in [0.25, 0.3) is 0 Å². The molecule has 5 aromatic rings. The number of rotatable bonds is 9. The van der Waals surface area contributed by atoms with Crippen LogP contribution in [0, 0.1) is 0 Å². The molecule has 8 nitrogen and oxygen atoms in total. The monoisotopic (exact) mass is 458 g/mol. The Labute approximate surface area is 194 Å². The summed E-state index contributed by atoms with van der Waals surface area (Å²) in [6, 6.07) is 19.6. The second-order valence-corrected chi connectivity index (χ2v) is 8.38. The van der Waals surface area contributed by atoms with Crippen LogP contribution in [0.15, 0.2) is 88.9 Å². The number of amides is 1. The van der Waals surface area contributed by atoms with E-state index < -0.39 is 0 Å². The molecule has 0 fully saturated rings. The number of hydrogen-bond donors (Lipinski definition) is 1. The minimum Gasteiger partial charge on any atom is -0.461 e. The van der Waals surface area contributed by atoms with Gasteiger partial charge in [-0.2, -0.15) is 0 Å². The first-order valence-corrected chi connectivity index (χ1v) is 11.6. The highest BCUT2D eigenvalue weighted by molar-refractivity contribution is 7.99. The molecule has 1 N–H and O–H groups in total. The molecular formula is C24H22N6O2S. The lowest BCUT2D eigenvalue weighted by atomic mass is 10.2. The third-order valence-electron chi connectivity index (χ3n) is 5.09. The van der Waals surface area contributed by atoms with E-state index in [4.69, 9.17) is 4.42 Å². The van der Waals surface area contributed by atoms with Gasteiger partial charge in [-0.25, -0.2) is 4.98 Å². The lowest BCUT2D eigenvalue weighted by Crippen LogP contribution is -2.27. The van der Waals surface area contributed by atoms with E-state index in [1.807, 2.05) is 82.0 Å². The molecule has 33 heavy (non-hydrogen) atoms. The standard InChI is InChI=1S/C24H22N6O2S/c31-22(25-12-11-19-16-29-13-5-4-10-21(29)26-19)17-33-24-28-27-23(20-9-6-14-32-20)30(24)15-18-7-2-1-3-8-18/h1-10,13-14,16H,11-12,15,17H2,(H,25,31). The lowest BCUT2D eigenvalue weighted by molar-refractivity contribution is -0.118. The van der Waals surface area contributed by atoms with Crippen LogP contribution in [0.1, 0.15) is 11.3 Å². The number of imidazole rings is 1. The van der Waals surface area contributed by atoms with E-state index in [2.05, 4.69) is 20.5 Å². The summed E-state index contributed by atoms with van der Waals surface area (Å²) in [6.45, 7) is 1.11. The quantitative estimate of drug-likeness (QED) is 0.339. The van der Waals surface area contributed by atoms with Crippen LogP contribution >= 0.6 is 11.8 Å². The molecule has 4 aromatic heterocycles. The molecule has 0 bridgehead atoms. The van der Waals surface area contributed by atoms with Crippen LogP contribution in [0.3, 0.4) is 0 Å². The Morgan fingerprint density at radius 1 is 1.03 bits per heavy atom. The Hall–Kier alpha value is -3.85. The third kappa shape index (κ3) is 4.98. The van der Waals surface area contributed by atoms with Crippen LogP contribution in [-0.4, -0.2) is 42.4 Å². The number of nitrogens with one attached hydrogen (secondary N) is 1. The van der Waals surface area contributed by atoms with Crippen molar-refractivity contribution in [3.05, 3.63) is 90.6 Å². The van der Waals surface area contributed by atoms with Gasteiger partial charge in [-0.05, 0) is 29.8 Å². The fourth-order valence-corrected chi connectivity index (χ4v) is 4.28. The van der Waals surface area contributed by atoms with E-state index in [1.54, 1.807) is 6.26 Å². The van der Waals surface area contributed by atoms with Crippen LogP contribution in [0.4, 0.5) is 0 Å². The Balaban J connectivity index is 1.21. The molecule has 0 aliphatic rings. The zero-order valence-corrected chi connectivity index (χ0v) is 18.6. The molecule has 0 unspecified atom stereocenters.